The van der Waals surface area contributed by atoms with Crippen molar-refractivity contribution in [3.8, 4) is 0 Å². The fourth-order valence-corrected chi connectivity index (χ4v) is 3.06. The Morgan fingerprint density at radius 3 is 2.33 bits per heavy atom. The number of ketones is 1. The van der Waals surface area contributed by atoms with E-state index < -0.39 is 5.78 Å². The second kappa shape index (κ2) is 7.99. The largest absolute Gasteiger partial charge is 0.465 e. The summed E-state index contributed by atoms with van der Waals surface area (Å²) in [7, 11) is 0. The van der Waals surface area contributed by atoms with Gasteiger partial charge in [0.1, 0.15) is 30.8 Å². The third-order valence-corrected chi connectivity index (χ3v) is 4.47. The maximum absolute atomic E-state index is 12.8. The van der Waals surface area contributed by atoms with Crippen LogP contribution in [0, 0.1) is 0 Å². The van der Waals surface area contributed by atoms with Crippen molar-refractivity contribution in [3.05, 3.63) is 95.7 Å². The van der Waals surface area contributed by atoms with Crippen LogP contribution in [0.2, 0.25) is 0 Å². The Morgan fingerprint density at radius 1 is 0.852 bits per heavy atom. The van der Waals surface area contributed by atoms with Crippen LogP contribution < -0.4 is 0 Å². The average molecular weight is 364 g/mol. The van der Waals surface area contributed by atoms with Crippen molar-refractivity contribution in [1.82, 2.24) is 0 Å². The Labute approximate surface area is 157 Å². The lowest BCUT2D eigenvalue weighted by Crippen LogP contribution is -2.17. The summed E-state index contributed by atoms with van der Waals surface area (Å²) in [6.07, 6.45) is 22.2. The van der Waals surface area contributed by atoms with Gasteiger partial charge < -0.3 is 18.9 Å². The maximum atomic E-state index is 12.8. The number of allylic oxidation sites excluding steroid dienone is 8. The third-order valence-electron chi connectivity index (χ3n) is 4.47. The highest BCUT2D eigenvalue weighted by atomic mass is 16.6. The first-order valence-corrected chi connectivity index (χ1v) is 9.01. The molecule has 0 saturated carbocycles. The molecule has 0 radical (unpaired) electrons. The van der Waals surface area contributed by atoms with E-state index in [1.807, 2.05) is 18.2 Å². The molecule has 0 aromatic heterocycles. The van der Waals surface area contributed by atoms with Crippen molar-refractivity contribution in [2.24, 2.45) is 0 Å². The lowest BCUT2D eigenvalue weighted by atomic mass is 10.0. The van der Waals surface area contributed by atoms with Crippen LogP contribution in [-0.4, -0.2) is 5.78 Å². The van der Waals surface area contributed by atoms with Crippen LogP contribution in [0.5, 0.6) is 0 Å². The molecule has 0 aromatic rings. The highest BCUT2D eigenvalue weighted by Gasteiger charge is 2.27. The van der Waals surface area contributed by atoms with Crippen molar-refractivity contribution >= 4 is 5.78 Å². The van der Waals surface area contributed by atoms with Crippen LogP contribution in [0.1, 0.15) is 32.1 Å². The molecule has 4 aliphatic rings. The zero-order chi connectivity index (χ0) is 18.5. The number of Topliss-reactive ketones (excluding diaryl/α,β-unsaturated/α-hetero) is 1. The molecule has 0 saturated heterocycles. The summed E-state index contributed by atoms with van der Waals surface area (Å²) >= 11 is 0. The first-order chi connectivity index (χ1) is 13.3. The van der Waals surface area contributed by atoms with Crippen LogP contribution in [0.4, 0.5) is 0 Å². The molecule has 5 nitrogen and oxygen atoms in total. The van der Waals surface area contributed by atoms with E-state index in [1.54, 1.807) is 0 Å². The van der Waals surface area contributed by atoms with Gasteiger partial charge in [-0.05, 0) is 31.3 Å². The Bertz CT molecular complexity index is 874. The van der Waals surface area contributed by atoms with Crippen LogP contribution in [0.3, 0.4) is 0 Å². The summed E-state index contributed by atoms with van der Waals surface area (Å²) in [6.45, 7) is 0. The number of hydrogen-bond donors (Lipinski definition) is 0. The summed E-state index contributed by atoms with van der Waals surface area (Å²) in [5.74, 6) is 0.857. The van der Waals surface area contributed by atoms with Crippen molar-refractivity contribution in [2.45, 2.75) is 32.1 Å². The first kappa shape index (κ1) is 17.2. The van der Waals surface area contributed by atoms with Crippen molar-refractivity contribution in [1.29, 1.82) is 0 Å². The van der Waals surface area contributed by atoms with E-state index in [2.05, 4.69) is 18.2 Å². The molecule has 0 N–H and O–H groups in total. The number of ether oxygens (including phenoxy) is 4. The fraction of sp³-hybridized carbons (Fsp3) is 0.227. The van der Waals surface area contributed by atoms with E-state index in [9.17, 15) is 4.79 Å². The molecule has 0 fully saturated rings. The van der Waals surface area contributed by atoms with Gasteiger partial charge >= 0.3 is 0 Å². The smallest absolute Gasteiger partial charge is 0.269 e. The van der Waals surface area contributed by atoms with E-state index >= 15 is 0 Å². The summed E-state index contributed by atoms with van der Waals surface area (Å²) in [5.41, 5.74) is 2.23. The molecule has 2 aliphatic carbocycles. The number of carbonyl (C=O) groups is 1. The predicted octanol–water partition coefficient (Wildman–Crippen LogP) is 4.96. The van der Waals surface area contributed by atoms with Gasteiger partial charge in [-0.1, -0.05) is 42.0 Å². The van der Waals surface area contributed by atoms with Crippen molar-refractivity contribution in [3.63, 3.8) is 0 Å². The molecule has 138 valence electrons. The van der Waals surface area contributed by atoms with Gasteiger partial charge in [-0.3, -0.25) is 4.79 Å². The normalized spacial score (nSPS) is 21.0. The quantitative estimate of drug-likeness (QED) is 0.690. The lowest BCUT2D eigenvalue weighted by Gasteiger charge is -2.21. The van der Waals surface area contributed by atoms with Gasteiger partial charge in [-0.15, -0.1) is 0 Å². The fourth-order valence-electron chi connectivity index (χ4n) is 3.06. The first-order valence-electron chi connectivity index (χ1n) is 9.01. The molecule has 5 heteroatoms. The number of hydrogen-bond acceptors (Lipinski definition) is 5. The van der Waals surface area contributed by atoms with Gasteiger partial charge in [0.2, 0.25) is 11.5 Å². The Balaban J connectivity index is 1.39. The maximum Gasteiger partial charge on any atom is 0.269 e. The summed E-state index contributed by atoms with van der Waals surface area (Å²) in [5, 5.41) is 0. The molecule has 4 rings (SSSR count). The summed E-state index contributed by atoms with van der Waals surface area (Å²) in [6, 6.07) is 0. The molecule has 0 spiro atoms. The van der Waals surface area contributed by atoms with Gasteiger partial charge in [0.15, 0.2) is 5.76 Å². The summed E-state index contributed by atoms with van der Waals surface area (Å²) < 4.78 is 22.1. The van der Waals surface area contributed by atoms with E-state index in [-0.39, 0.29) is 11.5 Å². The predicted molar refractivity (Wildman–Crippen MR) is 99.2 cm³/mol. The van der Waals surface area contributed by atoms with Crippen LogP contribution in [0.15, 0.2) is 95.7 Å². The van der Waals surface area contributed by atoms with Crippen molar-refractivity contribution in [2.75, 3.05) is 0 Å². The van der Waals surface area contributed by atoms with Crippen LogP contribution in [0.25, 0.3) is 0 Å². The minimum Gasteiger partial charge on any atom is -0.465 e. The molecular formula is C22H20O5. The van der Waals surface area contributed by atoms with Gasteiger partial charge in [0.05, 0.1) is 0 Å². The lowest BCUT2D eigenvalue weighted by molar-refractivity contribution is -0.118. The van der Waals surface area contributed by atoms with Crippen molar-refractivity contribution < 1.29 is 23.7 Å². The van der Waals surface area contributed by atoms with Gasteiger partial charge in [-0.25, -0.2) is 0 Å². The van der Waals surface area contributed by atoms with Crippen LogP contribution >= 0.6 is 0 Å². The molecule has 0 unspecified atom stereocenters. The Hall–Kier alpha value is -3.21. The minimum atomic E-state index is -0.421. The van der Waals surface area contributed by atoms with Gasteiger partial charge in [0, 0.05) is 6.42 Å². The third kappa shape index (κ3) is 4.14. The summed E-state index contributed by atoms with van der Waals surface area (Å²) in [4.78, 5) is 12.8. The molecule has 2 heterocycles. The van der Waals surface area contributed by atoms with Gasteiger partial charge in [-0.2, -0.15) is 0 Å². The average Bonchev–Trinajstić information content (AvgIpc) is 2.75. The highest BCUT2D eigenvalue weighted by Crippen LogP contribution is 2.30. The minimum absolute atomic E-state index is 0.0684. The number of carbonyl (C=O) groups excluding carboxylic acids is 1. The molecule has 27 heavy (non-hydrogen) atoms. The Morgan fingerprint density at radius 2 is 1.59 bits per heavy atom. The topological polar surface area (TPSA) is 54.0 Å². The second-order valence-corrected chi connectivity index (χ2v) is 6.46. The molecular weight excluding hydrogens is 344 g/mol. The molecule has 0 atom stereocenters. The molecule has 0 bridgehead atoms. The second-order valence-electron chi connectivity index (χ2n) is 6.46. The Kier molecular flexibility index (Phi) is 5.10. The van der Waals surface area contributed by atoms with Crippen LogP contribution in [-0.2, 0) is 23.7 Å². The highest BCUT2D eigenvalue weighted by molar-refractivity contribution is 6.05. The molecule has 0 aromatic carbocycles. The van der Waals surface area contributed by atoms with E-state index in [0.29, 0.717) is 17.9 Å². The van der Waals surface area contributed by atoms with Gasteiger partial charge in [0.25, 0.3) is 5.78 Å². The molecule has 0 amide bonds. The standard InChI is InChI=1S/C22H20O5/c23-22(21-15-25-13-19(27-21)17-9-5-2-6-10-17)20-14-24-12-18(26-20)11-16-7-3-1-4-8-16/h1-3,5,7,9,12-15H,4,6,8,10-11H2. The monoisotopic (exact) mass is 364 g/mol. The zero-order valence-corrected chi connectivity index (χ0v) is 14.9. The van der Waals surface area contributed by atoms with E-state index in [4.69, 9.17) is 18.9 Å². The molecule has 2 aliphatic heterocycles. The zero-order valence-electron chi connectivity index (χ0n) is 14.9. The van der Waals surface area contributed by atoms with E-state index in [0.717, 1.165) is 31.3 Å². The number of rotatable bonds is 5. The van der Waals surface area contributed by atoms with E-state index in [1.165, 1.54) is 30.6 Å². The SMILES string of the molecule is O=C(C1=COC=C(CC2=CC=CCC2)O1)C1=COC=C(C2=CC=CCC2)O1.